The monoisotopic (exact) mass is 784 g/mol. The van der Waals surface area contributed by atoms with Gasteiger partial charge in [-0.15, -0.1) is 0 Å². The molecule has 0 radical (unpaired) electrons. The number of carbonyl (C=O) groups excluding carboxylic acids is 2. The molecule has 0 saturated heterocycles. The molecule has 0 fully saturated rings. The quantitative estimate of drug-likeness (QED) is 0.0156. The lowest BCUT2D eigenvalue weighted by atomic mass is 10.0. The van der Waals surface area contributed by atoms with Gasteiger partial charge in [0.25, 0.3) is 0 Å². The van der Waals surface area contributed by atoms with Crippen molar-refractivity contribution in [2.75, 3.05) is 26.4 Å². The Balaban J connectivity index is 4.54. The van der Waals surface area contributed by atoms with Crippen molar-refractivity contribution in [2.24, 2.45) is 0 Å². The van der Waals surface area contributed by atoms with Crippen molar-refractivity contribution in [1.82, 2.24) is 0 Å². The molecule has 0 aliphatic heterocycles. The largest absolute Gasteiger partial charge is 0.472 e. The van der Waals surface area contributed by atoms with E-state index in [4.69, 9.17) is 19.1 Å². The summed E-state index contributed by atoms with van der Waals surface area (Å²) in [6.45, 7) is 2.02. The molecule has 0 aliphatic carbocycles. The molecule has 0 aromatic carbocycles. The summed E-state index contributed by atoms with van der Waals surface area (Å²) in [7, 11) is -4.66. The number of hydrogen-bond acceptors (Lipinski definition) is 10. The number of aliphatic hydroxyl groups is 3. The van der Waals surface area contributed by atoms with E-state index in [1.54, 1.807) is 12.2 Å². The lowest BCUT2D eigenvalue weighted by molar-refractivity contribution is -0.161. The summed E-state index contributed by atoms with van der Waals surface area (Å²) in [4.78, 5) is 34.9. The molecule has 0 aliphatic rings. The van der Waals surface area contributed by atoms with Crippen LogP contribution >= 0.6 is 7.82 Å². The van der Waals surface area contributed by atoms with Gasteiger partial charge in [-0.2, -0.15) is 0 Å². The smallest absolute Gasteiger partial charge is 0.462 e. The minimum absolute atomic E-state index is 0.00993. The topological polar surface area (TPSA) is 169 Å². The predicted octanol–water partition coefficient (Wildman–Crippen LogP) is 9.30. The van der Waals surface area contributed by atoms with Gasteiger partial charge in [0.05, 0.1) is 25.9 Å². The summed E-state index contributed by atoms with van der Waals surface area (Å²) in [5, 5.41) is 28.5. The zero-order valence-electron chi connectivity index (χ0n) is 33.3. The average molecular weight is 785 g/mol. The molecule has 0 bridgehead atoms. The summed E-state index contributed by atoms with van der Waals surface area (Å²) < 4.78 is 32.5. The van der Waals surface area contributed by atoms with Crippen molar-refractivity contribution >= 4 is 19.8 Å². The number of phosphoric acid groups is 1. The van der Waals surface area contributed by atoms with Crippen LogP contribution < -0.4 is 0 Å². The fourth-order valence-corrected chi connectivity index (χ4v) is 5.93. The number of ether oxygens (including phenoxy) is 2. The number of rotatable bonds is 37. The zero-order valence-corrected chi connectivity index (χ0v) is 34.2. The van der Waals surface area contributed by atoms with Gasteiger partial charge in [0, 0.05) is 12.8 Å². The van der Waals surface area contributed by atoms with Gasteiger partial charge >= 0.3 is 19.8 Å². The second-order valence-corrected chi connectivity index (χ2v) is 14.9. The first-order valence-corrected chi connectivity index (χ1v) is 21.8. The number of carbonyl (C=O) groups is 2. The van der Waals surface area contributed by atoms with Crippen molar-refractivity contribution in [3.05, 3.63) is 60.8 Å². The van der Waals surface area contributed by atoms with E-state index in [2.05, 4.69) is 54.8 Å². The van der Waals surface area contributed by atoms with E-state index >= 15 is 0 Å². The molecule has 2 unspecified atom stereocenters. The van der Waals surface area contributed by atoms with Crippen LogP contribution in [0.15, 0.2) is 60.8 Å². The Bertz CT molecular complexity index is 1100. The van der Waals surface area contributed by atoms with Crippen molar-refractivity contribution in [1.29, 1.82) is 0 Å². The fourth-order valence-electron chi connectivity index (χ4n) is 5.14. The van der Waals surface area contributed by atoms with Crippen LogP contribution in [0.1, 0.15) is 149 Å². The van der Waals surface area contributed by atoms with E-state index < -0.39 is 64.5 Å². The van der Waals surface area contributed by atoms with Crippen LogP contribution in [0.4, 0.5) is 0 Å². The highest BCUT2D eigenvalue weighted by atomic mass is 31.2. The lowest BCUT2D eigenvalue weighted by Gasteiger charge is -2.20. The third-order valence-electron chi connectivity index (χ3n) is 8.29. The summed E-state index contributed by atoms with van der Waals surface area (Å²) >= 11 is 0. The average Bonchev–Trinajstić information content (AvgIpc) is 3.15. The minimum Gasteiger partial charge on any atom is -0.462 e. The number of hydrogen-bond donors (Lipinski definition) is 4. The van der Waals surface area contributed by atoms with Crippen molar-refractivity contribution < 1.29 is 52.9 Å². The maximum absolute atomic E-state index is 12.6. The molecule has 0 amide bonds. The molecule has 4 N–H and O–H groups in total. The minimum atomic E-state index is -4.66. The van der Waals surface area contributed by atoms with Crippen molar-refractivity contribution in [3.63, 3.8) is 0 Å². The van der Waals surface area contributed by atoms with Gasteiger partial charge in [-0.25, -0.2) is 4.57 Å². The Hall–Kier alpha value is -2.37. The first-order chi connectivity index (χ1) is 26.1. The van der Waals surface area contributed by atoms with E-state index in [1.807, 2.05) is 12.2 Å². The molecular formula is C42H73O11P. The van der Waals surface area contributed by atoms with Crippen LogP contribution in [0.2, 0.25) is 0 Å². The molecule has 0 rings (SSSR count). The Morgan fingerprint density at radius 1 is 0.630 bits per heavy atom. The first kappa shape index (κ1) is 51.6. The Morgan fingerprint density at radius 3 is 1.72 bits per heavy atom. The predicted molar refractivity (Wildman–Crippen MR) is 216 cm³/mol. The van der Waals surface area contributed by atoms with E-state index in [9.17, 15) is 29.3 Å². The zero-order chi connectivity index (χ0) is 40.0. The maximum atomic E-state index is 12.6. The second kappa shape index (κ2) is 37.5. The van der Waals surface area contributed by atoms with Gasteiger partial charge < -0.3 is 29.7 Å². The highest BCUT2D eigenvalue weighted by Gasteiger charge is 2.27. The summed E-state index contributed by atoms with van der Waals surface area (Å²) in [6.07, 6.45) is 36.5. The number of phosphoric ester groups is 1. The lowest BCUT2D eigenvalue weighted by Crippen LogP contribution is -2.30. The third kappa shape index (κ3) is 36.6. The summed E-state index contributed by atoms with van der Waals surface area (Å²) in [6, 6.07) is 0. The normalized spacial score (nSPS) is 15.1. The van der Waals surface area contributed by atoms with Crippen LogP contribution in [0, 0.1) is 0 Å². The summed E-state index contributed by atoms with van der Waals surface area (Å²) in [5.74, 6) is -1.13. The number of aliphatic hydroxyl groups excluding tert-OH is 3. The van der Waals surface area contributed by atoms with Crippen LogP contribution in [-0.2, 0) is 32.7 Å². The molecule has 312 valence electrons. The third-order valence-corrected chi connectivity index (χ3v) is 9.24. The van der Waals surface area contributed by atoms with Crippen LogP contribution in [0.25, 0.3) is 0 Å². The Morgan fingerprint density at radius 2 is 1.15 bits per heavy atom. The van der Waals surface area contributed by atoms with Gasteiger partial charge in [0.1, 0.15) is 12.7 Å². The van der Waals surface area contributed by atoms with E-state index in [0.717, 1.165) is 44.9 Å². The number of allylic oxidation sites excluding steroid dienone is 9. The van der Waals surface area contributed by atoms with E-state index in [1.165, 1.54) is 57.8 Å². The standard InChI is InChI=1S/C42H73O11P/c1-3-5-7-9-11-13-15-17-19-21-23-25-27-30-38(44)31-29-33-41(46)50-36-40(37-52-54(48,49)51-35-39(45)34-43)53-42(47)32-28-26-24-22-20-18-16-14-12-10-8-6-4-2/h5,7,11,13,17,19,23,25,27,30,38-40,43-45H,3-4,6,8-10,12,14-16,18,20-22,24,26,28-29,31-37H2,1-2H3,(H,48,49)/b7-5-,13-11-,19-17-,25-23-,30-27+/t38?,39-,40+/m0/s1. The number of unbranched alkanes of at least 4 members (excludes halogenated alkanes) is 12. The molecule has 0 aromatic rings. The number of esters is 2. The molecule has 12 heteroatoms. The van der Waals surface area contributed by atoms with Crippen molar-refractivity contribution in [2.45, 2.75) is 167 Å². The van der Waals surface area contributed by atoms with Crippen LogP contribution in [0.3, 0.4) is 0 Å². The van der Waals surface area contributed by atoms with Crippen LogP contribution in [0.5, 0.6) is 0 Å². The van der Waals surface area contributed by atoms with E-state index in [0.29, 0.717) is 19.3 Å². The van der Waals surface area contributed by atoms with Crippen LogP contribution in [-0.4, -0.2) is 76.9 Å². The molecule has 0 aromatic heterocycles. The highest BCUT2D eigenvalue weighted by molar-refractivity contribution is 7.47. The van der Waals surface area contributed by atoms with Gasteiger partial charge in [0.15, 0.2) is 6.10 Å². The summed E-state index contributed by atoms with van der Waals surface area (Å²) in [5.41, 5.74) is 0. The fraction of sp³-hybridized carbons (Fsp3) is 0.714. The van der Waals surface area contributed by atoms with Gasteiger partial charge in [-0.1, -0.05) is 152 Å². The molecular weight excluding hydrogens is 711 g/mol. The molecule has 0 saturated carbocycles. The molecule has 4 atom stereocenters. The second-order valence-electron chi connectivity index (χ2n) is 13.5. The molecule has 54 heavy (non-hydrogen) atoms. The van der Waals surface area contributed by atoms with Gasteiger partial charge in [-0.05, 0) is 44.9 Å². The first-order valence-electron chi connectivity index (χ1n) is 20.4. The van der Waals surface area contributed by atoms with Gasteiger partial charge in [0.2, 0.25) is 0 Å². The maximum Gasteiger partial charge on any atom is 0.472 e. The molecule has 0 spiro atoms. The van der Waals surface area contributed by atoms with Gasteiger partial charge in [-0.3, -0.25) is 18.6 Å². The van der Waals surface area contributed by atoms with E-state index in [-0.39, 0.29) is 12.8 Å². The molecule has 11 nitrogen and oxygen atoms in total. The Labute approximate surface area is 326 Å². The Kier molecular flexibility index (Phi) is 35.9. The SMILES string of the molecule is CC/C=C\C/C=C\C/C=C\C/C=C\C=C\C(O)CCCC(=O)OC[C@H](COP(=O)(O)OC[C@@H](O)CO)OC(=O)CCCCCCCCCCCCCCC. The van der Waals surface area contributed by atoms with Crippen molar-refractivity contribution in [3.8, 4) is 0 Å². The highest BCUT2D eigenvalue weighted by Crippen LogP contribution is 2.43. The molecule has 0 heterocycles.